The van der Waals surface area contributed by atoms with Crippen LogP contribution in [0.5, 0.6) is 0 Å². The van der Waals surface area contributed by atoms with Crippen molar-refractivity contribution in [3.8, 4) is 5.69 Å². The number of anilines is 1. The third-order valence-electron chi connectivity index (χ3n) is 4.17. The lowest BCUT2D eigenvalue weighted by atomic mass is 10.2. The van der Waals surface area contributed by atoms with Gasteiger partial charge < -0.3 is 10.1 Å². The van der Waals surface area contributed by atoms with Gasteiger partial charge >= 0.3 is 5.97 Å². The molecular weight excluding hydrogens is 396 g/mol. The van der Waals surface area contributed by atoms with E-state index < -0.39 is 34.6 Å². The van der Waals surface area contributed by atoms with E-state index in [1.54, 1.807) is 38.1 Å². The zero-order valence-corrected chi connectivity index (χ0v) is 16.1. The van der Waals surface area contributed by atoms with Crippen molar-refractivity contribution in [3.63, 3.8) is 0 Å². The molecule has 0 fully saturated rings. The Kier molecular flexibility index (Phi) is 6.01. The number of aryl methyl sites for hydroxylation is 1. The first-order valence-electron chi connectivity index (χ1n) is 8.95. The van der Waals surface area contributed by atoms with Crippen molar-refractivity contribution in [2.45, 2.75) is 13.8 Å². The van der Waals surface area contributed by atoms with E-state index in [1.165, 1.54) is 0 Å². The quantitative estimate of drug-likeness (QED) is 0.649. The molecular formula is C21H17F2N3O4. The number of benzene rings is 2. The second-order valence-electron chi connectivity index (χ2n) is 6.24. The van der Waals surface area contributed by atoms with Crippen LogP contribution in [0.3, 0.4) is 0 Å². The highest BCUT2D eigenvalue weighted by atomic mass is 19.1. The number of carbonyl (C=O) groups is 2. The van der Waals surface area contributed by atoms with Gasteiger partial charge in [-0.3, -0.25) is 9.59 Å². The van der Waals surface area contributed by atoms with Crippen molar-refractivity contribution in [1.82, 2.24) is 9.78 Å². The molecule has 9 heteroatoms. The minimum Gasteiger partial charge on any atom is -0.461 e. The first-order chi connectivity index (χ1) is 14.3. The molecule has 0 atom stereocenters. The molecule has 0 aliphatic carbocycles. The molecule has 0 saturated carbocycles. The van der Waals surface area contributed by atoms with Crippen LogP contribution in [0, 0.1) is 18.6 Å². The Morgan fingerprint density at radius 1 is 1.13 bits per heavy atom. The molecule has 3 rings (SSSR count). The SMILES string of the molecule is CCOC(=O)c1nn(-c2ccccc2C)c(=O)cc1NC(=O)c1ccc(F)cc1F. The third-order valence-corrected chi connectivity index (χ3v) is 4.17. The molecule has 154 valence electrons. The number of carbonyl (C=O) groups excluding carboxylic acids is 2. The number of para-hydroxylation sites is 1. The van der Waals surface area contributed by atoms with Gasteiger partial charge in [0, 0.05) is 12.1 Å². The number of esters is 1. The molecule has 0 unspecified atom stereocenters. The number of ether oxygens (including phenoxy) is 1. The zero-order chi connectivity index (χ0) is 21.8. The highest BCUT2D eigenvalue weighted by Gasteiger charge is 2.22. The van der Waals surface area contributed by atoms with Crippen LogP contribution in [0.1, 0.15) is 33.3 Å². The maximum absolute atomic E-state index is 13.9. The molecule has 2 aromatic carbocycles. The lowest BCUT2D eigenvalue weighted by Gasteiger charge is -2.13. The number of nitrogens with zero attached hydrogens (tertiary/aromatic N) is 2. The van der Waals surface area contributed by atoms with E-state index in [1.807, 2.05) is 0 Å². The number of aromatic nitrogens is 2. The third kappa shape index (κ3) is 4.24. The van der Waals surface area contributed by atoms with Crippen molar-refractivity contribution in [3.05, 3.63) is 87.3 Å². The van der Waals surface area contributed by atoms with Crippen LogP contribution < -0.4 is 10.9 Å². The molecule has 0 bridgehead atoms. The van der Waals surface area contributed by atoms with Crippen LogP contribution in [0.15, 0.2) is 53.3 Å². The molecule has 1 N–H and O–H groups in total. The van der Waals surface area contributed by atoms with Crippen LogP contribution in [0.25, 0.3) is 5.69 Å². The number of rotatable bonds is 5. The van der Waals surface area contributed by atoms with Gasteiger partial charge in [0.2, 0.25) is 0 Å². The summed E-state index contributed by atoms with van der Waals surface area (Å²) in [6.45, 7) is 3.38. The normalized spacial score (nSPS) is 10.5. The zero-order valence-electron chi connectivity index (χ0n) is 16.1. The monoisotopic (exact) mass is 413 g/mol. The summed E-state index contributed by atoms with van der Waals surface area (Å²) in [5.41, 5.74) is -0.517. The summed E-state index contributed by atoms with van der Waals surface area (Å²) in [6, 6.07) is 10.3. The lowest BCUT2D eigenvalue weighted by Crippen LogP contribution is -2.27. The van der Waals surface area contributed by atoms with Gasteiger partial charge in [-0.15, -0.1) is 0 Å². The van der Waals surface area contributed by atoms with Crippen molar-refractivity contribution in [2.24, 2.45) is 0 Å². The van der Waals surface area contributed by atoms with Gasteiger partial charge in [0.05, 0.1) is 23.5 Å². The molecule has 7 nitrogen and oxygen atoms in total. The minimum absolute atomic E-state index is 0.0317. The fraction of sp³-hybridized carbons (Fsp3) is 0.143. The van der Waals surface area contributed by atoms with Crippen molar-refractivity contribution < 1.29 is 23.1 Å². The number of nitrogens with one attached hydrogen (secondary N) is 1. The van der Waals surface area contributed by atoms with E-state index in [-0.39, 0.29) is 18.0 Å². The van der Waals surface area contributed by atoms with Crippen molar-refractivity contribution >= 4 is 17.6 Å². The van der Waals surface area contributed by atoms with Crippen molar-refractivity contribution in [2.75, 3.05) is 11.9 Å². The smallest absolute Gasteiger partial charge is 0.360 e. The summed E-state index contributed by atoms with van der Waals surface area (Å²) in [5.74, 6) is -3.80. The number of amides is 1. The molecule has 0 spiro atoms. The molecule has 1 heterocycles. The van der Waals surface area contributed by atoms with Crippen LogP contribution >= 0.6 is 0 Å². The first kappa shape index (κ1) is 20.8. The Labute approximate surface area is 169 Å². The predicted molar refractivity (Wildman–Crippen MR) is 105 cm³/mol. The fourth-order valence-corrected chi connectivity index (χ4v) is 2.74. The summed E-state index contributed by atoms with van der Waals surface area (Å²) in [7, 11) is 0. The Balaban J connectivity index is 2.08. The van der Waals surface area contributed by atoms with E-state index in [9.17, 15) is 23.2 Å². The summed E-state index contributed by atoms with van der Waals surface area (Å²) in [6.07, 6.45) is 0. The fourth-order valence-electron chi connectivity index (χ4n) is 2.74. The molecule has 3 aromatic rings. The van der Waals surface area contributed by atoms with Crippen LogP contribution in [0.2, 0.25) is 0 Å². The lowest BCUT2D eigenvalue weighted by molar-refractivity contribution is 0.0518. The van der Waals surface area contributed by atoms with Gasteiger partial charge in [-0.05, 0) is 37.6 Å². The molecule has 30 heavy (non-hydrogen) atoms. The maximum atomic E-state index is 13.9. The summed E-state index contributed by atoms with van der Waals surface area (Å²) in [4.78, 5) is 37.5. The van der Waals surface area contributed by atoms with E-state index in [4.69, 9.17) is 4.74 Å². The van der Waals surface area contributed by atoms with Gasteiger partial charge in [0.15, 0.2) is 5.69 Å². The molecule has 1 aromatic heterocycles. The summed E-state index contributed by atoms with van der Waals surface area (Å²) >= 11 is 0. The molecule has 0 aliphatic heterocycles. The average Bonchev–Trinajstić information content (AvgIpc) is 2.69. The van der Waals surface area contributed by atoms with Crippen LogP contribution in [-0.2, 0) is 4.74 Å². The molecule has 0 saturated heterocycles. The molecule has 0 aliphatic rings. The number of hydrogen-bond acceptors (Lipinski definition) is 5. The van der Waals surface area contributed by atoms with E-state index in [0.717, 1.165) is 28.4 Å². The standard InChI is InChI=1S/C21H17F2N3O4/c1-3-30-21(29)19-16(24-20(28)14-9-8-13(22)10-15(14)23)11-18(27)26(25-19)17-7-5-4-6-12(17)2/h4-11H,3H2,1-2H3,(H,24,28). The second-order valence-corrected chi connectivity index (χ2v) is 6.24. The Morgan fingerprint density at radius 2 is 1.87 bits per heavy atom. The summed E-state index contributed by atoms with van der Waals surface area (Å²) < 4.78 is 33.0. The predicted octanol–water partition coefficient (Wildman–Crippen LogP) is 3.25. The number of halogens is 2. The Bertz CT molecular complexity index is 1190. The Hall–Kier alpha value is -3.88. The van der Waals surface area contributed by atoms with Gasteiger partial charge in [-0.1, -0.05) is 18.2 Å². The van der Waals surface area contributed by atoms with Gasteiger partial charge in [-0.25, -0.2) is 13.6 Å². The second kappa shape index (κ2) is 8.64. The molecule has 0 radical (unpaired) electrons. The highest BCUT2D eigenvalue weighted by molar-refractivity contribution is 6.07. The largest absolute Gasteiger partial charge is 0.461 e. The van der Waals surface area contributed by atoms with Crippen LogP contribution in [0.4, 0.5) is 14.5 Å². The topological polar surface area (TPSA) is 90.3 Å². The highest BCUT2D eigenvalue weighted by Crippen LogP contribution is 2.18. The van der Waals surface area contributed by atoms with Gasteiger partial charge in [-0.2, -0.15) is 9.78 Å². The van der Waals surface area contributed by atoms with Gasteiger partial charge in [0.25, 0.3) is 11.5 Å². The molecule has 1 amide bonds. The maximum Gasteiger partial charge on any atom is 0.360 e. The minimum atomic E-state index is -1.09. The first-order valence-corrected chi connectivity index (χ1v) is 8.95. The van der Waals surface area contributed by atoms with E-state index in [0.29, 0.717) is 11.8 Å². The summed E-state index contributed by atoms with van der Waals surface area (Å²) in [5, 5.41) is 6.35. The van der Waals surface area contributed by atoms with Crippen LogP contribution in [-0.4, -0.2) is 28.3 Å². The Morgan fingerprint density at radius 3 is 2.53 bits per heavy atom. The van der Waals surface area contributed by atoms with Gasteiger partial charge in [0.1, 0.15) is 11.6 Å². The van der Waals surface area contributed by atoms with E-state index >= 15 is 0 Å². The number of hydrogen-bond donors (Lipinski definition) is 1. The van der Waals surface area contributed by atoms with Crippen molar-refractivity contribution in [1.29, 1.82) is 0 Å². The van der Waals surface area contributed by atoms with E-state index in [2.05, 4.69) is 10.4 Å². The average molecular weight is 413 g/mol.